The second kappa shape index (κ2) is 13.2. The van der Waals surface area contributed by atoms with Gasteiger partial charge in [0, 0.05) is 33.5 Å². The Morgan fingerprint density at radius 3 is 2.32 bits per heavy atom. The second-order valence-corrected chi connectivity index (χ2v) is 15.4. The number of benzene rings is 5. The molecular formula is C41H45N3OS2. The molecule has 2 aliphatic heterocycles. The molecule has 5 aromatic rings. The predicted octanol–water partition coefficient (Wildman–Crippen LogP) is 11.7. The van der Waals surface area contributed by atoms with Crippen LogP contribution in [0.4, 0.5) is 11.4 Å². The molecule has 2 unspecified atom stereocenters. The number of rotatable bonds is 9. The van der Waals surface area contributed by atoms with Gasteiger partial charge in [0.25, 0.3) is 0 Å². The molecule has 0 radical (unpaired) electrons. The van der Waals surface area contributed by atoms with Gasteiger partial charge in [0.05, 0.1) is 27.3 Å². The van der Waals surface area contributed by atoms with Gasteiger partial charge in [-0.3, -0.25) is 10.2 Å². The lowest BCUT2D eigenvalue weighted by Crippen LogP contribution is -2.29. The zero-order valence-electron chi connectivity index (χ0n) is 28.6. The molecule has 0 aliphatic carbocycles. The number of aryl methyl sites for hydroxylation is 3. The molecule has 0 bridgehead atoms. The van der Waals surface area contributed by atoms with Crippen LogP contribution in [0.15, 0.2) is 98.4 Å². The predicted molar refractivity (Wildman–Crippen MR) is 200 cm³/mol. The van der Waals surface area contributed by atoms with E-state index in [-0.39, 0.29) is 12.2 Å². The molecule has 2 aliphatic rings. The highest BCUT2D eigenvalue weighted by atomic mass is 32.2. The van der Waals surface area contributed by atoms with Crippen LogP contribution in [0, 0.1) is 20.8 Å². The fraction of sp³-hybridized carbons (Fsp3) is 0.317. The quantitative estimate of drug-likeness (QED) is 0.158. The summed E-state index contributed by atoms with van der Waals surface area (Å²) >= 11 is 3.75. The van der Waals surface area contributed by atoms with E-state index in [1.807, 2.05) is 23.5 Å². The summed E-state index contributed by atoms with van der Waals surface area (Å²) in [7, 11) is 4.37. The van der Waals surface area contributed by atoms with E-state index in [2.05, 4.69) is 143 Å². The number of ether oxygens (including phenoxy) is 1. The van der Waals surface area contributed by atoms with Crippen molar-refractivity contribution in [2.24, 2.45) is 0 Å². The molecule has 0 amide bonds. The fourth-order valence-electron chi connectivity index (χ4n) is 7.31. The third-order valence-corrected chi connectivity index (χ3v) is 12.0. The third-order valence-electron chi connectivity index (χ3n) is 9.42. The van der Waals surface area contributed by atoms with E-state index in [4.69, 9.17) is 4.74 Å². The number of anilines is 2. The lowest BCUT2D eigenvalue weighted by atomic mass is 9.99. The van der Waals surface area contributed by atoms with Crippen molar-refractivity contribution < 1.29 is 4.74 Å². The molecule has 0 aromatic heterocycles. The molecule has 242 valence electrons. The number of nitrogens with zero attached hydrogens (tertiary/aromatic N) is 2. The maximum absolute atomic E-state index is 7.25. The van der Waals surface area contributed by atoms with Gasteiger partial charge in [-0.15, -0.1) is 0 Å². The van der Waals surface area contributed by atoms with E-state index in [0.29, 0.717) is 0 Å². The van der Waals surface area contributed by atoms with E-state index in [1.165, 1.54) is 82.4 Å². The van der Waals surface area contributed by atoms with Crippen molar-refractivity contribution in [3.63, 3.8) is 0 Å². The minimum Gasteiger partial charge on any atom is -0.455 e. The Kier molecular flexibility index (Phi) is 9.05. The van der Waals surface area contributed by atoms with Crippen LogP contribution in [-0.2, 0) is 0 Å². The van der Waals surface area contributed by atoms with Crippen LogP contribution in [0.25, 0.3) is 10.8 Å². The first-order valence-electron chi connectivity index (χ1n) is 16.9. The molecule has 0 spiro atoms. The number of hydrogen-bond acceptors (Lipinski definition) is 6. The third kappa shape index (κ3) is 5.95. The molecule has 5 aromatic carbocycles. The molecule has 4 nitrogen and oxygen atoms in total. The van der Waals surface area contributed by atoms with Gasteiger partial charge in [-0.25, -0.2) is 0 Å². The Hall–Kier alpha value is -3.42. The van der Waals surface area contributed by atoms with Crippen LogP contribution in [0.3, 0.4) is 0 Å². The van der Waals surface area contributed by atoms with Crippen molar-refractivity contribution >= 4 is 45.7 Å². The van der Waals surface area contributed by atoms with Gasteiger partial charge in [-0.05, 0) is 94.4 Å². The Bertz CT molecular complexity index is 1950. The highest BCUT2D eigenvalue weighted by Gasteiger charge is 2.42. The summed E-state index contributed by atoms with van der Waals surface area (Å²) in [6.45, 7) is 12.3. The van der Waals surface area contributed by atoms with Crippen LogP contribution in [0.1, 0.15) is 73.1 Å². The second-order valence-electron chi connectivity index (χ2n) is 13.3. The Labute approximate surface area is 288 Å². The van der Waals surface area contributed by atoms with Gasteiger partial charge in [-0.1, -0.05) is 103 Å². The van der Waals surface area contributed by atoms with Crippen molar-refractivity contribution in [3.05, 3.63) is 107 Å². The number of hydrogen-bond donors (Lipinski definition) is 1. The highest BCUT2D eigenvalue weighted by molar-refractivity contribution is 8.00. The first kappa shape index (κ1) is 32.1. The molecule has 0 fully saturated rings. The average molecular weight is 660 g/mol. The summed E-state index contributed by atoms with van der Waals surface area (Å²) < 4.78 is 7.25. The lowest BCUT2D eigenvalue weighted by molar-refractivity contribution is 0.251. The fourth-order valence-corrected chi connectivity index (χ4v) is 9.79. The first-order chi connectivity index (χ1) is 22.7. The van der Waals surface area contributed by atoms with E-state index in [1.54, 1.807) is 0 Å². The van der Waals surface area contributed by atoms with Gasteiger partial charge < -0.3 is 9.64 Å². The maximum Gasteiger partial charge on any atom is 0.157 e. The van der Waals surface area contributed by atoms with Gasteiger partial charge in [0.1, 0.15) is 5.75 Å². The molecule has 47 heavy (non-hydrogen) atoms. The smallest absolute Gasteiger partial charge is 0.157 e. The van der Waals surface area contributed by atoms with Crippen molar-refractivity contribution in [1.29, 1.82) is 0 Å². The van der Waals surface area contributed by atoms with Crippen LogP contribution in [-0.4, -0.2) is 25.5 Å². The number of fused-ring (bicyclic) bond motifs is 5. The standard InChI is InChI=1S/C41H45N3OS2/c1-8-9-14-21-44-32-17-12-13-18-33(32)46-40-36(44)34-28(5)42-41(43(6)7)35(34)39(47-38-26(3)22-25(2)23-27(38)4)37(40)45-31-20-19-29-15-10-11-16-30(29)24-31/h10-13,15-20,22-24,28,41-42H,8-9,14,21H2,1-7H3. The SMILES string of the molecule is CCCCCN1c2ccccc2Sc2c(Oc3ccc4ccccc4c3)c(Sc3c(C)cc(C)cc3C)c3c(c21)C(C)NC3N(C)C. The number of nitrogens with one attached hydrogen (secondary N) is 1. The Morgan fingerprint density at radius 1 is 0.851 bits per heavy atom. The molecule has 2 heterocycles. The number of unbranched alkanes of at least 4 members (excludes halogenated alkanes) is 2. The maximum atomic E-state index is 7.25. The molecule has 6 heteroatoms. The first-order valence-corrected chi connectivity index (χ1v) is 18.5. The molecule has 0 saturated heterocycles. The summed E-state index contributed by atoms with van der Waals surface area (Å²) in [4.78, 5) is 9.93. The molecular weight excluding hydrogens is 615 g/mol. The Balaban J connectivity index is 1.53. The van der Waals surface area contributed by atoms with Crippen molar-refractivity contribution in [2.75, 3.05) is 25.5 Å². The van der Waals surface area contributed by atoms with E-state index in [9.17, 15) is 0 Å². The summed E-state index contributed by atoms with van der Waals surface area (Å²) in [5.74, 6) is 1.82. The lowest BCUT2D eigenvalue weighted by Gasteiger charge is -2.37. The number of para-hydroxylation sites is 1. The van der Waals surface area contributed by atoms with Gasteiger partial charge >= 0.3 is 0 Å². The molecule has 7 rings (SSSR count). The zero-order valence-corrected chi connectivity index (χ0v) is 30.2. The van der Waals surface area contributed by atoms with Crippen LogP contribution >= 0.6 is 23.5 Å². The minimum absolute atomic E-state index is 0.0532. The van der Waals surface area contributed by atoms with Crippen molar-refractivity contribution in [3.8, 4) is 11.5 Å². The monoisotopic (exact) mass is 659 g/mol. The molecule has 0 saturated carbocycles. The van der Waals surface area contributed by atoms with Gasteiger partial charge in [0.15, 0.2) is 5.75 Å². The van der Waals surface area contributed by atoms with Crippen LogP contribution in [0.5, 0.6) is 11.5 Å². The molecule has 1 N–H and O–H groups in total. The van der Waals surface area contributed by atoms with E-state index >= 15 is 0 Å². The summed E-state index contributed by atoms with van der Waals surface area (Å²) in [5.41, 5.74) is 9.23. The molecule has 2 atom stereocenters. The van der Waals surface area contributed by atoms with Gasteiger partial charge in [-0.2, -0.15) is 0 Å². The van der Waals surface area contributed by atoms with Crippen LogP contribution < -0.4 is 15.0 Å². The normalized spacial score (nSPS) is 16.8. The topological polar surface area (TPSA) is 27.7 Å². The van der Waals surface area contributed by atoms with E-state index < -0.39 is 0 Å². The van der Waals surface area contributed by atoms with Gasteiger partial charge in [0.2, 0.25) is 0 Å². The van der Waals surface area contributed by atoms with Crippen LogP contribution in [0.2, 0.25) is 0 Å². The zero-order chi connectivity index (χ0) is 32.8. The van der Waals surface area contributed by atoms with Crippen molar-refractivity contribution in [2.45, 2.75) is 85.7 Å². The summed E-state index contributed by atoms with van der Waals surface area (Å²) in [6.07, 6.45) is 3.59. The van der Waals surface area contributed by atoms with Crippen molar-refractivity contribution in [1.82, 2.24) is 10.2 Å². The Morgan fingerprint density at radius 2 is 1.57 bits per heavy atom. The highest BCUT2D eigenvalue weighted by Crippen LogP contribution is 2.62. The summed E-state index contributed by atoms with van der Waals surface area (Å²) in [5, 5.41) is 6.38. The largest absolute Gasteiger partial charge is 0.455 e. The van der Waals surface area contributed by atoms with E-state index in [0.717, 1.165) is 24.5 Å². The average Bonchev–Trinajstić information content (AvgIpc) is 3.40. The summed E-state index contributed by atoms with van der Waals surface area (Å²) in [6, 6.07) is 28.7. The minimum atomic E-state index is 0.0532.